The fraction of sp³-hybridized carbons (Fsp3) is 0.333. The molecule has 0 spiro atoms. The first-order valence-electron chi connectivity index (χ1n) is 7.06. The summed E-state index contributed by atoms with van der Waals surface area (Å²) in [6.45, 7) is 6.29. The summed E-state index contributed by atoms with van der Waals surface area (Å²) in [6, 6.07) is 10.5. The largest absolute Gasteiger partial charge is 0.496 e. The molecule has 1 N–H and O–H groups in total. The lowest BCUT2D eigenvalue weighted by atomic mass is 9.91. The summed E-state index contributed by atoms with van der Waals surface area (Å²) in [5, 5.41) is 4.19. The first-order chi connectivity index (χ1) is 9.97. The summed E-state index contributed by atoms with van der Waals surface area (Å²) in [7, 11) is 3.69. The van der Waals surface area contributed by atoms with Gasteiger partial charge in [0.2, 0.25) is 0 Å². The van der Waals surface area contributed by atoms with Crippen LogP contribution in [0, 0.1) is 20.8 Å². The predicted molar refractivity (Wildman–Crippen MR) is 89.6 cm³/mol. The van der Waals surface area contributed by atoms with Gasteiger partial charge in [-0.3, -0.25) is 0 Å². The van der Waals surface area contributed by atoms with Crippen molar-refractivity contribution >= 4 is 11.6 Å². The molecule has 2 nitrogen and oxygen atoms in total. The van der Waals surface area contributed by atoms with E-state index in [9.17, 15) is 0 Å². The third-order valence-electron chi connectivity index (χ3n) is 3.93. The fourth-order valence-corrected chi connectivity index (χ4v) is 3.01. The number of rotatable bonds is 4. The monoisotopic (exact) mass is 303 g/mol. The molecule has 3 heteroatoms. The van der Waals surface area contributed by atoms with Crippen LogP contribution in [0.15, 0.2) is 30.3 Å². The van der Waals surface area contributed by atoms with Crippen LogP contribution in [0.2, 0.25) is 5.02 Å². The van der Waals surface area contributed by atoms with E-state index in [1.54, 1.807) is 7.11 Å². The number of hydrogen-bond acceptors (Lipinski definition) is 2. The van der Waals surface area contributed by atoms with Crippen LogP contribution < -0.4 is 10.1 Å². The Morgan fingerprint density at radius 2 is 1.62 bits per heavy atom. The molecule has 0 aliphatic heterocycles. The normalized spacial score (nSPS) is 12.3. The second-order valence-corrected chi connectivity index (χ2v) is 5.84. The van der Waals surface area contributed by atoms with Gasteiger partial charge < -0.3 is 10.1 Å². The first kappa shape index (κ1) is 15.9. The van der Waals surface area contributed by atoms with E-state index < -0.39 is 0 Å². The molecule has 2 rings (SSSR count). The number of methoxy groups -OCH3 is 1. The van der Waals surface area contributed by atoms with Crippen molar-refractivity contribution < 1.29 is 4.74 Å². The second-order valence-electron chi connectivity index (χ2n) is 5.40. The van der Waals surface area contributed by atoms with Gasteiger partial charge in [-0.2, -0.15) is 0 Å². The van der Waals surface area contributed by atoms with Crippen LogP contribution >= 0.6 is 11.6 Å². The van der Waals surface area contributed by atoms with E-state index in [-0.39, 0.29) is 6.04 Å². The minimum Gasteiger partial charge on any atom is -0.496 e. The van der Waals surface area contributed by atoms with E-state index in [1.807, 2.05) is 19.2 Å². The second kappa shape index (κ2) is 6.50. The Labute approximate surface area is 132 Å². The van der Waals surface area contributed by atoms with Crippen molar-refractivity contribution in [3.05, 3.63) is 63.2 Å². The molecule has 112 valence electrons. The standard InChI is InChI=1S/C18H22ClNO/c1-11-8-14(19)6-7-15(11)18(20-4)16-9-13(3)17(21-5)10-12(16)2/h6-10,18,20H,1-5H3. The van der Waals surface area contributed by atoms with E-state index in [0.29, 0.717) is 0 Å². The van der Waals surface area contributed by atoms with E-state index >= 15 is 0 Å². The van der Waals surface area contributed by atoms with Crippen LogP contribution in [0.1, 0.15) is 33.9 Å². The zero-order valence-electron chi connectivity index (χ0n) is 13.3. The molecular formula is C18H22ClNO. The number of halogens is 1. The molecule has 1 unspecified atom stereocenters. The van der Waals surface area contributed by atoms with Gasteiger partial charge in [0, 0.05) is 5.02 Å². The number of nitrogens with one attached hydrogen (secondary N) is 1. The molecule has 0 amide bonds. The lowest BCUT2D eigenvalue weighted by molar-refractivity contribution is 0.411. The molecule has 0 saturated heterocycles. The topological polar surface area (TPSA) is 21.3 Å². The summed E-state index contributed by atoms with van der Waals surface area (Å²) in [5.41, 5.74) is 6.06. The van der Waals surface area contributed by atoms with Crippen LogP contribution in [0.25, 0.3) is 0 Å². The average molecular weight is 304 g/mol. The van der Waals surface area contributed by atoms with Crippen molar-refractivity contribution in [3.8, 4) is 5.75 Å². The van der Waals surface area contributed by atoms with E-state index in [1.165, 1.54) is 22.3 Å². The molecule has 2 aromatic carbocycles. The van der Waals surface area contributed by atoms with Gasteiger partial charge in [-0.15, -0.1) is 0 Å². The number of ether oxygens (including phenoxy) is 1. The quantitative estimate of drug-likeness (QED) is 0.892. The first-order valence-corrected chi connectivity index (χ1v) is 7.44. The summed E-state index contributed by atoms with van der Waals surface area (Å²) >= 11 is 6.07. The third kappa shape index (κ3) is 3.22. The maximum atomic E-state index is 6.07. The van der Waals surface area contributed by atoms with Crippen molar-refractivity contribution in [1.29, 1.82) is 0 Å². The summed E-state index contributed by atoms with van der Waals surface area (Å²) in [4.78, 5) is 0. The molecule has 0 heterocycles. The highest BCUT2D eigenvalue weighted by molar-refractivity contribution is 6.30. The summed E-state index contributed by atoms with van der Waals surface area (Å²) in [5.74, 6) is 0.930. The molecule has 0 aliphatic carbocycles. The van der Waals surface area contributed by atoms with Crippen molar-refractivity contribution in [2.45, 2.75) is 26.8 Å². The highest BCUT2D eigenvalue weighted by Gasteiger charge is 2.18. The zero-order chi connectivity index (χ0) is 15.6. The Morgan fingerprint density at radius 1 is 0.952 bits per heavy atom. The Morgan fingerprint density at radius 3 is 2.19 bits per heavy atom. The average Bonchev–Trinajstić information content (AvgIpc) is 2.45. The van der Waals surface area contributed by atoms with E-state index in [4.69, 9.17) is 16.3 Å². The Hall–Kier alpha value is -1.51. The molecule has 0 radical (unpaired) electrons. The molecule has 2 aromatic rings. The number of benzene rings is 2. The minimum atomic E-state index is 0.145. The van der Waals surface area contributed by atoms with Crippen molar-refractivity contribution in [2.75, 3.05) is 14.2 Å². The van der Waals surface area contributed by atoms with Crippen LogP contribution in [0.5, 0.6) is 5.75 Å². The van der Waals surface area contributed by atoms with Gasteiger partial charge >= 0.3 is 0 Å². The van der Waals surface area contributed by atoms with Crippen LogP contribution in [0.4, 0.5) is 0 Å². The van der Waals surface area contributed by atoms with Crippen LogP contribution in [-0.2, 0) is 0 Å². The van der Waals surface area contributed by atoms with Crippen LogP contribution in [-0.4, -0.2) is 14.2 Å². The smallest absolute Gasteiger partial charge is 0.122 e. The third-order valence-corrected chi connectivity index (χ3v) is 4.16. The lowest BCUT2D eigenvalue weighted by Crippen LogP contribution is -2.20. The fourth-order valence-electron chi connectivity index (χ4n) is 2.78. The molecule has 0 saturated carbocycles. The maximum Gasteiger partial charge on any atom is 0.122 e. The van der Waals surface area contributed by atoms with Gasteiger partial charge in [-0.1, -0.05) is 23.7 Å². The number of aryl methyl sites for hydroxylation is 3. The molecule has 0 fully saturated rings. The summed E-state index contributed by atoms with van der Waals surface area (Å²) in [6.07, 6.45) is 0. The Bertz CT molecular complexity index is 652. The Balaban J connectivity index is 2.53. The van der Waals surface area contributed by atoms with Gasteiger partial charge in [-0.05, 0) is 73.8 Å². The van der Waals surface area contributed by atoms with Gasteiger partial charge in [0.25, 0.3) is 0 Å². The van der Waals surface area contributed by atoms with Gasteiger partial charge in [-0.25, -0.2) is 0 Å². The van der Waals surface area contributed by atoms with Crippen molar-refractivity contribution in [1.82, 2.24) is 5.32 Å². The van der Waals surface area contributed by atoms with Gasteiger partial charge in [0.15, 0.2) is 0 Å². The zero-order valence-corrected chi connectivity index (χ0v) is 14.0. The highest BCUT2D eigenvalue weighted by Crippen LogP contribution is 2.32. The van der Waals surface area contributed by atoms with Crippen LogP contribution in [0.3, 0.4) is 0 Å². The number of hydrogen-bond donors (Lipinski definition) is 1. The Kier molecular flexibility index (Phi) is 4.92. The van der Waals surface area contributed by atoms with Gasteiger partial charge in [0.1, 0.15) is 5.75 Å². The van der Waals surface area contributed by atoms with Crippen molar-refractivity contribution in [2.24, 2.45) is 0 Å². The maximum absolute atomic E-state index is 6.07. The molecule has 21 heavy (non-hydrogen) atoms. The SMILES string of the molecule is CNC(c1ccc(Cl)cc1C)c1cc(C)c(OC)cc1C. The van der Waals surface area contributed by atoms with Crippen molar-refractivity contribution in [3.63, 3.8) is 0 Å². The minimum absolute atomic E-state index is 0.145. The molecule has 0 bridgehead atoms. The highest BCUT2D eigenvalue weighted by atomic mass is 35.5. The van der Waals surface area contributed by atoms with E-state index in [0.717, 1.165) is 16.3 Å². The predicted octanol–water partition coefficient (Wildman–Crippen LogP) is 4.58. The molecule has 0 aromatic heterocycles. The lowest BCUT2D eigenvalue weighted by Gasteiger charge is -2.23. The van der Waals surface area contributed by atoms with E-state index in [2.05, 4.69) is 44.3 Å². The molecule has 0 aliphatic rings. The van der Waals surface area contributed by atoms with Gasteiger partial charge in [0.05, 0.1) is 13.2 Å². The molecular weight excluding hydrogens is 282 g/mol. The summed E-state index contributed by atoms with van der Waals surface area (Å²) < 4.78 is 5.40. The molecule has 1 atom stereocenters.